The number of morpholine rings is 1. The second-order valence-corrected chi connectivity index (χ2v) is 9.64. The normalized spacial score (nSPS) is 15.4. The molecule has 1 aliphatic heterocycles. The number of benzene rings is 3. The highest BCUT2D eigenvalue weighted by Crippen LogP contribution is 2.35. The van der Waals surface area contributed by atoms with Gasteiger partial charge < -0.3 is 35.6 Å². The number of amides is 1. The highest BCUT2D eigenvalue weighted by atomic mass is 35.5. The topological polar surface area (TPSA) is 111 Å². The number of hydrogen-bond acceptors (Lipinski definition) is 6. The summed E-state index contributed by atoms with van der Waals surface area (Å²) in [5.74, 6) is -0.374. The number of carbonyl (C=O) groups is 1. The van der Waals surface area contributed by atoms with E-state index in [4.69, 9.17) is 43.1 Å². The fourth-order valence-electron chi connectivity index (χ4n) is 4.07. The van der Waals surface area contributed by atoms with E-state index in [1.807, 2.05) is 18.2 Å². The molecule has 0 saturated carbocycles. The number of rotatable bonds is 8. The number of halogens is 3. The molecule has 1 atom stereocenters. The van der Waals surface area contributed by atoms with Crippen molar-refractivity contribution in [2.75, 3.05) is 32.0 Å². The molecular formula is C27H25Cl2FN4O4. The molecule has 1 fully saturated rings. The highest BCUT2D eigenvalue weighted by molar-refractivity contribution is 6.32. The first-order chi connectivity index (χ1) is 18.4. The quantitative estimate of drug-likeness (QED) is 0.219. The van der Waals surface area contributed by atoms with E-state index >= 15 is 4.39 Å². The number of H-pyrrole nitrogens is 1. The van der Waals surface area contributed by atoms with Crippen molar-refractivity contribution in [3.05, 3.63) is 81.7 Å². The van der Waals surface area contributed by atoms with Gasteiger partial charge in [0.25, 0.3) is 5.91 Å². The second-order valence-electron chi connectivity index (χ2n) is 8.79. The number of hydrogen-bond donors (Lipinski definition) is 4. The Morgan fingerprint density at radius 3 is 2.79 bits per heavy atom. The Balaban J connectivity index is 1.24. The molecule has 0 radical (unpaired) electrons. The lowest BCUT2D eigenvalue weighted by Gasteiger charge is -2.23. The summed E-state index contributed by atoms with van der Waals surface area (Å²) in [4.78, 5) is 15.9. The van der Waals surface area contributed by atoms with Crippen molar-refractivity contribution < 1.29 is 23.4 Å². The molecule has 1 amide bonds. The van der Waals surface area contributed by atoms with Crippen molar-refractivity contribution in [2.24, 2.45) is 0 Å². The smallest absolute Gasteiger partial charge is 0.267 e. The summed E-state index contributed by atoms with van der Waals surface area (Å²) in [5.41, 5.74) is 7.44. The van der Waals surface area contributed by atoms with Gasteiger partial charge in [0, 0.05) is 52.9 Å². The van der Waals surface area contributed by atoms with Crippen LogP contribution in [-0.2, 0) is 11.3 Å². The van der Waals surface area contributed by atoms with Crippen LogP contribution in [-0.4, -0.2) is 43.3 Å². The van der Waals surface area contributed by atoms with E-state index in [1.165, 1.54) is 24.3 Å². The van der Waals surface area contributed by atoms with E-state index in [2.05, 4.69) is 15.6 Å². The number of fused-ring (bicyclic) bond motifs is 1. The maximum absolute atomic E-state index is 15.2. The number of nitrogens with one attached hydrogen (secondary N) is 3. The zero-order valence-electron chi connectivity index (χ0n) is 20.2. The van der Waals surface area contributed by atoms with Gasteiger partial charge in [0.1, 0.15) is 29.9 Å². The predicted octanol–water partition coefficient (Wildman–Crippen LogP) is 5.29. The van der Waals surface area contributed by atoms with Crippen LogP contribution in [0.25, 0.3) is 10.9 Å². The van der Waals surface area contributed by atoms with Crippen molar-refractivity contribution in [1.29, 1.82) is 0 Å². The summed E-state index contributed by atoms with van der Waals surface area (Å²) in [5, 5.41) is 7.20. The lowest BCUT2D eigenvalue weighted by Crippen LogP contribution is -2.41. The van der Waals surface area contributed by atoms with Gasteiger partial charge in [-0.1, -0.05) is 29.3 Å². The molecule has 4 aromatic rings. The van der Waals surface area contributed by atoms with Gasteiger partial charge in [-0.3, -0.25) is 4.79 Å². The maximum atomic E-state index is 15.2. The molecule has 8 nitrogen and oxygen atoms in total. The van der Waals surface area contributed by atoms with Crippen LogP contribution >= 0.6 is 23.2 Å². The molecule has 5 N–H and O–H groups in total. The van der Waals surface area contributed by atoms with Gasteiger partial charge in [-0.2, -0.15) is 0 Å². The monoisotopic (exact) mass is 558 g/mol. The van der Waals surface area contributed by atoms with Gasteiger partial charge in [0.2, 0.25) is 0 Å². The number of nitrogen functional groups attached to an aromatic ring is 1. The summed E-state index contributed by atoms with van der Waals surface area (Å²) in [6, 6.07) is 14.8. The van der Waals surface area contributed by atoms with Crippen LogP contribution in [0.2, 0.25) is 10.0 Å². The van der Waals surface area contributed by atoms with Gasteiger partial charge in [0.05, 0.1) is 11.6 Å². The largest absolute Gasteiger partial charge is 0.491 e. The number of ether oxygens (including phenoxy) is 3. The summed E-state index contributed by atoms with van der Waals surface area (Å²) in [6.07, 6.45) is -0.00480. The lowest BCUT2D eigenvalue weighted by molar-refractivity contribution is 0.000223. The van der Waals surface area contributed by atoms with E-state index in [-0.39, 0.29) is 34.7 Å². The van der Waals surface area contributed by atoms with Gasteiger partial charge in [-0.15, -0.1) is 0 Å². The third kappa shape index (κ3) is 6.14. The zero-order chi connectivity index (χ0) is 26.6. The maximum Gasteiger partial charge on any atom is 0.267 e. The third-order valence-electron chi connectivity index (χ3n) is 5.96. The van der Waals surface area contributed by atoms with Gasteiger partial charge >= 0.3 is 0 Å². The number of aromatic amines is 1. The fourth-order valence-corrected chi connectivity index (χ4v) is 4.49. The number of anilines is 1. The van der Waals surface area contributed by atoms with E-state index in [1.54, 1.807) is 12.1 Å². The second kappa shape index (κ2) is 11.5. The molecule has 198 valence electrons. The summed E-state index contributed by atoms with van der Waals surface area (Å²) >= 11 is 12.2. The predicted molar refractivity (Wildman–Crippen MR) is 145 cm³/mol. The van der Waals surface area contributed by atoms with Crippen LogP contribution in [0.5, 0.6) is 17.2 Å². The summed E-state index contributed by atoms with van der Waals surface area (Å²) in [7, 11) is 0. The average Bonchev–Trinajstić information content (AvgIpc) is 3.33. The minimum absolute atomic E-state index is 0.00480. The van der Waals surface area contributed by atoms with Gasteiger partial charge in [-0.05, 0) is 42.5 Å². The standard InChI is InChI=1S/C27H25Cl2FN4O4/c28-17-9-18(31)11-20(10-17)38-26-22(29)3-1-15(25(26)30)12-33-27(35)24-8-16-7-19(2-4-23(16)34-24)37-14-21-13-32-5-6-36-21/h1-4,7-11,21,32,34H,5-6,12-14,31H2,(H,33,35)/t21-/m1/s1. The molecule has 1 saturated heterocycles. The van der Waals surface area contributed by atoms with Gasteiger partial charge in [0.15, 0.2) is 11.6 Å². The first kappa shape index (κ1) is 26.1. The van der Waals surface area contributed by atoms with Crippen LogP contribution < -0.4 is 25.8 Å². The summed E-state index contributed by atoms with van der Waals surface area (Å²) < 4.78 is 32.4. The van der Waals surface area contributed by atoms with Crippen LogP contribution in [0.3, 0.4) is 0 Å². The Bertz CT molecular complexity index is 1450. The molecule has 3 aromatic carbocycles. The van der Waals surface area contributed by atoms with Crippen molar-refractivity contribution in [3.63, 3.8) is 0 Å². The molecular weight excluding hydrogens is 534 g/mol. The number of carbonyl (C=O) groups excluding carboxylic acids is 1. The lowest BCUT2D eigenvalue weighted by atomic mass is 10.2. The van der Waals surface area contributed by atoms with Crippen molar-refractivity contribution >= 4 is 45.7 Å². The Kier molecular flexibility index (Phi) is 7.90. The molecule has 2 heterocycles. The van der Waals surface area contributed by atoms with Gasteiger partial charge in [-0.25, -0.2) is 4.39 Å². The molecule has 0 spiro atoms. The Morgan fingerprint density at radius 1 is 1.13 bits per heavy atom. The number of nitrogens with two attached hydrogens (primary N) is 1. The molecule has 11 heteroatoms. The molecule has 0 aliphatic carbocycles. The van der Waals surface area contributed by atoms with Crippen LogP contribution in [0, 0.1) is 5.82 Å². The van der Waals surface area contributed by atoms with Crippen molar-refractivity contribution in [2.45, 2.75) is 12.6 Å². The molecule has 0 bridgehead atoms. The molecule has 1 aromatic heterocycles. The van der Waals surface area contributed by atoms with E-state index in [0.717, 1.165) is 24.0 Å². The first-order valence-electron chi connectivity index (χ1n) is 11.9. The minimum atomic E-state index is -0.702. The van der Waals surface area contributed by atoms with E-state index < -0.39 is 11.7 Å². The Hall–Kier alpha value is -3.50. The zero-order valence-corrected chi connectivity index (χ0v) is 21.7. The van der Waals surface area contributed by atoms with Crippen molar-refractivity contribution in [3.8, 4) is 17.2 Å². The molecule has 5 rings (SSSR count). The molecule has 0 unspecified atom stereocenters. The summed E-state index contributed by atoms with van der Waals surface area (Å²) in [6.45, 7) is 2.59. The Morgan fingerprint density at radius 2 is 2.00 bits per heavy atom. The highest BCUT2D eigenvalue weighted by Gasteiger charge is 2.18. The van der Waals surface area contributed by atoms with Crippen LogP contribution in [0.4, 0.5) is 10.1 Å². The van der Waals surface area contributed by atoms with Crippen LogP contribution in [0.1, 0.15) is 16.1 Å². The minimum Gasteiger partial charge on any atom is -0.491 e. The fraction of sp³-hybridized carbons (Fsp3) is 0.222. The van der Waals surface area contributed by atoms with E-state index in [0.29, 0.717) is 35.4 Å². The van der Waals surface area contributed by atoms with Crippen LogP contribution in [0.15, 0.2) is 54.6 Å². The SMILES string of the molecule is Nc1cc(Cl)cc(Oc2c(Cl)ccc(CNC(=O)c3cc4cc(OC[C@H]5CNCCO5)ccc4[nH]3)c2F)c1. The van der Waals surface area contributed by atoms with Crippen molar-refractivity contribution in [1.82, 2.24) is 15.6 Å². The van der Waals surface area contributed by atoms with E-state index in [9.17, 15) is 4.79 Å². The molecule has 38 heavy (non-hydrogen) atoms. The number of aromatic nitrogens is 1. The molecule has 1 aliphatic rings. The third-order valence-corrected chi connectivity index (χ3v) is 6.47. The average molecular weight is 559 g/mol. The first-order valence-corrected chi connectivity index (χ1v) is 12.7. The Labute approximate surface area is 228 Å².